The minimum Gasteiger partial charge on any atom is -0.378 e. The van der Waals surface area contributed by atoms with Gasteiger partial charge in [0.2, 0.25) is 0 Å². The number of pyridine rings is 1. The number of piperazine rings is 1. The Morgan fingerprint density at radius 3 is 2.00 bits per heavy atom. The predicted octanol–water partition coefficient (Wildman–Crippen LogP) is 1.75. The molecule has 6 heteroatoms. The molecular weight excluding hydrogens is 316 g/mol. The van der Waals surface area contributed by atoms with Crippen molar-refractivity contribution >= 4 is 17.5 Å². The summed E-state index contributed by atoms with van der Waals surface area (Å²) in [5.41, 5.74) is 2.18. The van der Waals surface area contributed by atoms with E-state index < -0.39 is 0 Å². The Hall–Kier alpha value is -2.89. The minimum atomic E-state index is -0.0805. The quantitative estimate of drug-likeness (QED) is 0.855. The van der Waals surface area contributed by atoms with E-state index in [4.69, 9.17) is 0 Å². The molecule has 0 N–H and O–H groups in total. The van der Waals surface area contributed by atoms with Crippen LogP contribution in [0.2, 0.25) is 0 Å². The summed E-state index contributed by atoms with van der Waals surface area (Å²) >= 11 is 0. The molecule has 2 aromatic rings. The first kappa shape index (κ1) is 17.0. The van der Waals surface area contributed by atoms with Crippen molar-refractivity contribution in [3.63, 3.8) is 0 Å². The molecule has 0 spiro atoms. The van der Waals surface area contributed by atoms with Crippen LogP contribution in [0.5, 0.6) is 0 Å². The van der Waals surface area contributed by atoms with Crippen molar-refractivity contribution in [3.8, 4) is 0 Å². The lowest BCUT2D eigenvalue weighted by Gasteiger charge is -2.34. The van der Waals surface area contributed by atoms with Crippen LogP contribution >= 0.6 is 0 Å². The molecule has 3 rings (SSSR count). The van der Waals surface area contributed by atoms with Gasteiger partial charge in [-0.2, -0.15) is 0 Å². The first-order valence-electron chi connectivity index (χ1n) is 8.33. The van der Waals surface area contributed by atoms with Crippen LogP contribution in [0.15, 0.2) is 48.7 Å². The summed E-state index contributed by atoms with van der Waals surface area (Å²) in [5.74, 6) is -0.0710. The molecular formula is C19H22N4O2. The Kier molecular flexibility index (Phi) is 4.97. The molecule has 1 aromatic carbocycles. The molecule has 0 unspecified atom stereocenters. The maximum absolute atomic E-state index is 12.6. The Labute approximate surface area is 147 Å². The van der Waals surface area contributed by atoms with Gasteiger partial charge in [0.1, 0.15) is 5.69 Å². The van der Waals surface area contributed by atoms with Crippen molar-refractivity contribution in [2.75, 3.05) is 45.2 Å². The van der Waals surface area contributed by atoms with Gasteiger partial charge in [0.25, 0.3) is 11.8 Å². The number of amides is 2. The number of nitrogens with zero attached hydrogens (tertiary/aromatic N) is 4. The highest BCUT2D eigenvalue weighted by molar-refractivity contribution is 5.95. The van der Waals surface area contributed by atoms with Crippen LogP contribution in [0.3, 0.4) is 0 Å². The summed E-state index contributed by atoms with van der Waals surface area (Å²) in [6, 6.07) is 12.9. The third-order valence-corrected chi connectivity index (χ3v) is 4.37. The Morgan fingerprint density at radius 1 is 0.880 bits per heavy atom. The molecule has 0 saturated carbocycles. The van der Waals surface area contributed by atoms with E-state index in [0.717, 1.165) is 5.69 Å². The number of hydrogen-bond donors (Lipinski definition) is 0. The monoisotopic (exact) mass is 338 g/mol. The SMILES string of the molecule is CN(C)c1ccc(C(=O)N2CCN(C(=O)c3ccccn3)CC2)cc1. The van der Waals surface area contributed by atoms with Gasteiger partial charge >= 0.3 is 0 Å². The van der Waals surface area contributed by atoms with E-state index in [1.807, 2.05) is 43.3 Å². The van der Waals surface area contributed by atoms with E-state index in [1.54, 1.807) is 34.2 Å². The van der Waals surface area contributed by atoms with Crippen LogP contribution in [-0.4, -0.2) is 66.9 Å². The summed E-state index contributed by atoms with van der Waals surface area (Å²) in [7, 11) is 3.93. The topological polar surface area (TPSA) is 56.8 Å². The zero-order valence-electron chi connectivity index (χ0n) is 14.6. The van der Waals surface area contributed by atoms with Crippen LogP contribution < -0.4 is 4.90 Å². The van der Waals surface area contributed by atoms with Crippen LogP contribution in [-0.2, 0) is 0 Å². The smallest absolute Gasteiger partial charge is 0.272 e. The number of anilines is 1. The highest BCUT2D eigenvalue weighted by Gasteiger charge is 2.25. The summed E-state index contributed by atoms with van der Waals surface area (Å²) in [6.45, 7) is 2.12. The molecule has 1 aliphatic rings. The summed E-state index contributed by atoms with van der Waals surface area (Å²) < 4.78 is 0. The summed E-state index contributed by atoms with van der Waals surface area (Å²) in [4.78, 5) is 34.7. The van der Waals surface area contributed by atoms with Crippen molar-refractivity contribution in [3.05, 3.63) is 59.9 Å². The lowest BCUT2D eigenvalue weighted by molar-refractivity contribution is 0.0532. The van der Waals surface area contributed by atoms with E-state index in [2.05, 4.69) is 4.98 Å². The van der Waals surface area contributed by atoms with Gasteiger partial charge in [-0.25, -0.2) is 0 Å². The molecule has 6 nitrogen and oxygen atoms in total. The second-order valence-electron chi connectivity index (χ2n) is 6.24. The normalized spacial score (nSPS) is 14.3. The third-order valence-electron chi connectivity index (χ3n) is 4.37. The van der Waals surface area contributed by atoms with Gasteiger partial charge in [0.15, 0.2) is 0 Å². The van der Waals surface area contributed by atoms with Gasteiger partial charge in [-0.1, -0.05) is 6.07 Å². The molecule has 1 aromatic heterocycles. The highest BCUT2D eigenvalue weighted by atomic mass is 16.2. The van der Waals surface area contributed by atoms with Crippen molar-refractivity contribution in [2.45, 2.75) is 0 Å². The highest BCUT2D eigenvalue weighted by Crippen LogP contribution is 2.15. The third kappa shape index (κ3) is 3.79. The first-order valence-corrected chi connectivity index (χ1v) is 8.33. The second-order valence-corrected chi connectivity index (χ2v) is 6.24. The van der Waals surface area contributed by atoms with E-state index in [1.165, 1.54) is 0 Å². The molecule has 0 radical (unpaired) electrons. The number of aromatic nitrogens is 1. The average molecular weight is 338 g/mol. The molecule has 2 amide bonds. The molecule has 0 bridgehead atoms. The van der Waals surface area contributed by atoms with E-state index in [9.17, 15) is 9.59 Å². The second kappa shape index (κ2) is 7.34. The molecule has 1 aliphatic heterocycles. The van der Waals surface area contributed by atoms with Gasteiger partial charge < -0.3 is 14.7 Å². The fourth-order valence-electron chi connectivity index (χ4n) is 2.85. The number of hydrogen-bond acceptors (Lipinski definition) is 4. The first-order chi connectivity index (χ1) is 12.1. The average Bonchev–Trinajstić information content (AvgIpc) is 2.67. The molecule has 25 heavy (non-hydrogen) atoms. The number of rotatable bonds is 3. The maximum atomic E-state index is 12.6. The van der Waals surface area contributed by atoms with Crippen molar-refractivity contribution in [1.82, 2.24) is 14.8 Å². The Balaban J connectivity index is 1.60. The van der Waals surface area contributed by atoms with Crippen LogP contribution in [0.4, 0.5) is 5.69 Å². The lowest BCUT2D eigenvalue weighted by atomic mass is 10.1. The molecule has 2 heterocycles. The van der Waals surface area contributed by atoms with Gasteiger partial charge in [0.05, 0.1) is 0 Å². The number of carbonyl (C=O) groups is 2. The molecule has 1 saturated heterocycles. The van der Waals surface area contributed by atoms with Crippen LogP contribution in [0, 0.1) is 0 Å². The fourth-order valence-corrected chi connectivity index (χ4v) is 2.85. The van der Waals surface area contributed by atoms with Gasteiger partial charge in [-0.15, -0.1) is 0 Å². The maximum Gasteiger partial charge on any atom is 0.272 e. The molecule has 130 valence electrons. The standard InChI is InChI=1S/C19H22N4O2/c1-21(2)16-8-6-15(7-9-16)18(24)22-11-13-23(14-12-22)19(25)17-5-3-4-10-20-17/h3-10H,11-14H2,1-2H3. The number of carbonyl (C=O) groups excluding carboxylic acids is 2. The Bertz CT molecular complexity index is 736. The minimum absolute atomic E-state index is 0.00948. The summed E-state index contributed by atoms with van der Waals surface area (Å²) in [6.07, 6.45) is 1.62. The zero-order valence-corrected chi connectivity index (χ0v) is 14.6. The van der Waals surface area contributed by atoms with Crippen molar-refractivity contribution in [1.29, 1.82) is 0 Å². The zero-order chi connectivity index (χ0) is 17.8. The summed E-state index contributed by atoms with van der Waals surface area (Å²) in [5, 5.41) is 0. The van der Waals surface area contributed by atoms with E-state index in [0.29, 0.717) is 37.4 Å². The largest absolute Gasteiger partial charge is 0.378 e. The van der Waals surface area contributed by atoms with E-state index in [-0.39, 0.29) is 11.8 Å². The number of benzene rings is 1. The Morgan fingerprint density at radius 2 is 1.48 bits per heavy atom. The molecule has 1 fully saturated rings. The van der Waals surface area contributed by atoms with Crippen molar-refractivity contribution < 1.29 is 9.59 Å². The van der Waals surface area contributed by atoms with Gasteiger partial charge in [-0.05, 0) is 36.4 Å². The molecule has 0 aliphatic carbocycles. The molecule has 0 atom stereocenters. The van der Waals surface area contributed by atoms with E-state index >= 15 is 0 Å². The van der Waals surface area contributed by atoms with Gasteiger partial charge in [-0.3, -0.25) is 14.6 Å². The van der Waals surface area contributed by atoms with Crippen molar-refractivity contribution in [2.24, 2.45) is 0 Å². The predicted molar refractivity (Wildman–Crippen MR) is 96.8 cm³/mol. The van der Waals surface area contributed by atoms with Gasteiger partial charge in [0, 0.05) is 57.7 Å². The lowest BCUT2D eigenvalue weighted by Crippen LogP contribution is -2.50. The van der Waals surface area contributed by atoms with Crippen LogP contribution in [0.25, 0.3) is 0 Å². The fraction of sp³-hybridized carbons (Fsp3) is 0.316. The van der Waals surface area contributed by atoms with Crippen LogP contribution in [0.1, 0.15) is 20.8 Å².